The predicted octanol–water partition coefficient (Wildman–Crippen LogP) is 2.47. The number of hydrogen-bond donors (Lipinski definition) is 2. The minimum absolute atomic E-state index is 0.117. The van der Waals surface area contributed by atoms with E-state index in [1.54, 1.807) is 43.3 Å². The Hall–Kier alpha value is -2.61. The SMILES string of the molecule is CN(C)C(=O)c1ccc(NC2CN(C3CCN(C(=O)C(O)c4ccccc4)C3)C2)cc1Cl. The van der Waals surface area contributed by atoms with Crippen molar-refractivity contribution in [3.05, 3.63) is 64.7 Å². The molecule has 2 aromatic carbocycles. The van der Waals surface area contributed by atoms with Gasteiger partial charge < -0.3 is 20.2 Å². The number of aliphatic hydroxyl groups excluding tert-OH is 1. The van der Waals surface area contributed by atoms with Gasteiger partial charge in [-0.25, -0.2) is 0 Å². The lowest BCUT2D eigenvalue weighted by Gasteiger charge is -2.43. The van der Waals surface area contributed by atoms with E-state index in [2.05, 4.69) is 10.2 Å². The van der Waals surface area contributed by atoms with Crippen LogP contribution >= 0.6 is 11.6 Å². The highest BCUT2D eigenvalue weighted by Gasteiger charge is 2.38. The molecule has 0 bridgehead atoms. The highest BCUT2D eigenvalue weighted by atomic mass is 35.5. The normalized spacial score (nSPS) is 20.0. The first-order valence-corrected chi connectivity index (χ1v) is 11.2. The summed E-state index contributed by atoms with van der Waals surface area (Å²) in [6.07, 6.45) is -0.194. The Morgan fingerprint density at radius 1 is 1.12 bits per heavy atom. The third kappa shape index (κ3) is 4.75. The maximum absolute atomic E-state index is 12.7. The average Bonchev–Trinajstić information content (AvgIpc) is 3.24. The molecule has 0 radical (unpaired) electrons. The maximum Gasteiger partial charge on any atom is 0.256 e. The second-order valence-corrected chi connectivity index (χ2v) is 9.14. The summed E-state index contributed by atoms with van der Waals surface area (Å²) in [6.45, 7) is 3.06. The Balaban J connectivity index is 1.26. The first-order chi connectivity index (χ1) is 15.3. The first-order valence-electron chi connectivity index (χ1n) is 10.9. The fourth-order valence-electron chi connectivity index (χ4n) is 4.35. The van der Waals surface area contributed by atoms with Crippen LogP contribution in [0.15, 0.2) is 48.5 Å². The zero-order valence-corrected chi connectivity index (χ0v) is 19.1. The van der Waals surface area contributed by atoms with Crippen LogP contribution in [0.4, 0.5) is 5.69 Å². The molecule has 0 aliphatic carbocycles. The number of hydrogen-bond acceptors (Lipinski definition) is 5. The standard InChI is InChI=1S/C24H29ClN4O3/c1-27(2)23(31)20-9-8-17(12-21(20)25)26-18-13-29(14-18)19-10-11-28(15-19)24(32)22(30)16-6-4-3-5-7-16/h3-9,12,18-19,22,26,30H,10-11,13-15H2,1-2H3. The molecule has 2 aliphatic heterocycles. The largest absolute Gasteiger partial charge is 0.380 e. The third-order valence-corrected chi connectivity index (χ3v) is 6.54. The van der Waals surface area contributed by atoms with Crippen LogP contribution in [0.2, 0.25) is 5.02 Å². The van der Waals surface area contributed by atoms with Crippen LogP contribution in [-0.4, -0.2) is 84.0 Å². The van der Waals surface area contributed by atoms with Crippen molar-refractivity contribution in [2.24, 2.45) is 0 Å². The van der Waals surface area contributed by atoms with E-state index < -0.39 is 6.10 Å². The van der Waals surface area contributed by atoms with Gasteiger partial charge >= 0.3 is 0 Å². The highest BCUT2D eigenvalue weighted by Crippen LogP contribution is 2.27. The minimum atomic E-state index is -1.10. The van der Waals surface area contributed by atoms with E-state index in [4.69, 9.17) is 11.6 Å². The Morgan fingerprint density at radius 3 is 2.50 bits per heavy atom. The summed E-state index contributed by atoms with van der Waals surface area (Å²) in [4.78, 5) is 30.4. The van der Waals surface area contributed by atoms with Crippen LogP contribution in [-0.2, 0) is 4.79 Å². The Kier molecular flexibility index (Phi) is 6.69. The van der Waals surface area contributed by atoms with Crippen molar-refractivity contribution >= 4 is 29.1 Å². The summed E-state index contributed by atoms with van der Waals surface area (Å²) in [7, 11) is 3.40. The van der Waals surface area contributed by atoms with Gasteiger partial charge in [0.25, 0.3) is 11.8 Å². The number of anilines is 1. The van der Waals surface area contributed by atoms with E-state index in [-0.39, 0.29) is 11.8 Å². The Bertz CT molecular complexity index is 978. The monoisotopic (exact) mass is 456 g/mol. The minimum Gasteiger partial charge on any atom is -0.380 e. The highest BCUT2D eigenvalue weighted by molar-refractivity contribution is 6.34. The molecule has 2 unspecified atom stereocenters. The van der Waals surface area contributed by atoms with Crippen LogP contribution in [0.1, 0.15) is 28.4 Å². The molecular formula is C24H29ClN4O3. The van der Waals surface area contributed by atoms with Crippen LogP contribution in [0, 0.1) is 0 Å². The number of likely N-dealkylation sites (tertiary alicyclic amines) is 2. The van der Waals surface area contributed by atoms with E-state index in [1.807, 2.05) is 24.3 Å². The molecule has 0 saturated carbocycles. The number of nitrogens with one attached hydrogen (secondary N) is 1. The van der Waals surface area contributed by atoms with E-state index in [9.17, 15) is 14.7 Å². The molecule has 8 heteroatoms. The van der Waals surface area contributed by atoms with E-state index in [1.165, 1.54) is 4.90 Å². The molecule has 7 nitrogen and oxygen atoms in total. The van der Waals surface area contributed by atoms with Crippen LogP contribution in [0.25, 0.3) is 0 Å². The second-order valence-electron chi connectivity index (χ2n) is 8.73. The summed E-state index contributed by atoms with van der Waals surface area (Å²) in [5, 5.41) is 14.3. The number of halogens is 1. The number of rotatable bonds is 6. The van der Waals surface area contributed by atoms with Crippen molar-refractivity contribution in [3.63, 3.8) is 0 Å². The number of nitrogens with zero attached hydrogens (tertiary/aromatic N) is 3. The van der Waals surface area contributed by atoms with Gasteiger partial charge in [-0.15, -0.1) is 0 Å². The summed E-state index contributed by atoms with van der Waals surface area (Å²) in [6, 6.07) is 15.1. The second kappa shape index (κ2) is 9.48. The van der Waals surface area contributed by atoms with Gasteiger partial charge in [-0.1, -0.05) is 41.9 Å². The number of aliphatic hydroxyl groups is 1. The lowest BCUT2D eigenvalue weighted by molar-refractivity contribution is -0.139. The van der Waals surface area contributed by atoms with Crippen LogP contribution in [0.5, 0.6) is 0 Å². The van der Waals surface area contributed by atoms with Gasteiger partial charge in [-0.2, -0.15) is 0 Å². The van der Waals surface area contributed by atoms with Crippen LogP contribution < -0.4 is 5.32 Å². The molecule has 4 rings (SSSR count). The van der Waals surface area contributed by atoms with Crippen LogP contribution in [0.3, 0.4) is 0 Å². The molecule has 2 saturated heterocycles. The molecule has 2 aliphatic rings. The van der Waals surface area contributed by atoms with E-state index in [0.29, 0.717) is 41.3 Å². The van der Waals surface area contributed by atoms with E-state index in [0.717, 1.165) is 25.2 Å². The zero-order chi connectivity index (χ0) is 22.8. The fourth-order valence-corrected chi connectivity index (χ4v) is 4.61. The molecular weight excluding hydrogens is 428 g/mol. The summed E-state index contributed by atoms with van der Waals surface area (Å²) < 4.78 is 0. The molecule has 2 heterocycles. The van der Waals surface area contributed by atoms with Crippen molar-refractivity contribution in [1.29, 1.82) is 0 Å². The molecule has 0 spiro atoms. The molecule has 170 valence electrons. The van der Waals surface area contributed by atoms with Gasteiger partial charge in [0.1, 0.15) is 0 Å². The number of carbonyl (C=O) groups excluding carboxylic acids is 2. The lowest BCUT2D eigenvalue weighted by Crippen LogP contribution is -2.59. The quantitative estimate of drug-likeness (QED) is 0.698. The topological polar surface area (TPSA) is 76.1 Å². The Labute approximate surface area is 193 Å². The predicted molar refractivity (Wildman–Crippen MR) is 125 cm³/mol. The van der Waals surface area contributed by atoms with Gasteiger partial charge in [-0.3, -0.25) is 14.5 Å². The smallest absolute Gasteiger partial charge is 0.256 e. The molecule has 2 amide bonds. The average molecular weight is 457 g/mol. The molecule has 0 aromatic heterocycles. The lowest BCUT2D eigenvalue weighted by atomic mass is 10.0. The van der Waals surface area contributed by atoms with Gasteiger partial charge in [0, 0.05) is 52.0 Å². The van der Waals surface area contributed by atoms with Gasteiger partial charge in [0.15, 0.2) is 6.10 Å². The molecule has 2 atom stereocenters. The summed E-state index contributed by atoms with van der Waals surface area (Å²) >= 11 is 6.30. The number of carbonyl (C=O) groups is 2. The van der Waals surface area contributed by atoms with Gasteiger partial charge in [-0.05, 0) is 30.2 Å². The molecule has 2 fully saturated rings. The molecule has 32 heavy (non-hydrogen) atoms. The van der Waals surface area contributed by atoms with Crippen molar-refractivity contribution in [2.45, 2.75) is 24.6 Å². The molecule has 2 N–H and O–H groups in total. The van der Waals surface area contributed by atoms with Crippen molar-refractivity contribution < 1.29 is 14.7 Å². The van der Waals surface area contributed by atoms with E-state index >= 15 is 0 Å². The third-order valence-electron chi connectivity index (χ3n) is 6.23. The Morgan fingerprint density at radius 2 is 1.84 bits per heavy atom. The van der Waals surface area contributed by atoms with Crippen molar-refractivity contribution in [1.82, 2.24) is 14.7 Å². The number of benzene rings is 2. The summed E-state index contributed by atoms with van der Waals surface area (Å²) in [5.74, 6) is -0.343. The summed E-state index contributed by atoms with van der Waals surface area (Å²) in [5.41, 5.74) is 2.01. The van der Waals surface area contributed by atoms with Gasteiger partial charge in [0.2, 0.25) is 0 Å². The fraction of sp³-hybridized carbons (Fsp3) is 0.417. The maximum atomic E-state index is 12.7. The first kappa shape index (κ1) is 22.6. The molecule has 2 aromatic rings. The van der Waals surface area contributed by atoms with Gasteiger partial charge in [0.05, 0.1) is 16.6 Å². The zero-order valence-electron chi connectivity index (χ0n) is 18.4. The van der Waals surface area contributed by atoms with Crippen molar-refractivity contribution in [3.8, 4) is 0 Å². The number of amides is 2. The van der Waals surface area contributed by atoms with Crippen molar-refractivity contribution in [2.75, 3.05) is 45.6 Å².